The fourth-order valence-corrected chi connectivity index (χ4v) is 3.67. The van der Waals surface area contributed by atoms with Gasteiger partial charge in [-0.3, -0.25) is 0 Å². The maximum absolute atomic E-state index is 14.1. The summed E-state index contributed by atoms with van der Waals surface area (Å²) in [7, 11) is 1.63. The Balaban J connectivity index is 1.73. The average molecular weight is 469 g/mol. The summed E-state index contributed by atoms with van der Waals surface area (Å²) < 4.78 is 52.7. The molecule has 33 heavy (non-hydrogen) atoms. The number of urea groups is 1. The minimum Gasteiger partial charge on any atom is -0.396 e. The van der Waals surface area contributed by atoms with Crippen LogP contribution in [-0.4, -0.2) is 52.7 Å². The van der Waals surface area contributed by atoms with Crippen LogP contribution in [0.25, 0.3) is 0 Å². The number of carbonyl (C=O) groups excluding carboxylic acids is 1. The van der Waals surface area contributed by atoms with Crippen molar-refractivity contribution in [2.75, 3.05) is 26.7 Å². The summed E-state index contributed by atoms with van der Waals surface area (Å²) in [4.78, 5) is 23.3. The van der Waals surface area contributed by atoms with Gasteiger partial charge in [-0.2, -0.15) is 13.2 Å². The molecule has 1 aliphatic heterocycles. The van der Waals surface area contributed by atoms with E-state index >= 15 is 0 Å². The SMILES string of the molecule is CNC[C@@H](NC(=O)N1CCc2cnc(C[C@@H](C)CO)nc2C1)c1ccc(C(F)(F)F)c(F)c1. The lowest BCUT2D eigenvalue weighted by molar-refractivity contribution is -0.140. The van der Waals surface area contributed by atoms with E-state index in [0.29, 0.717) is 31.3 Å². The van der Waals surface area contributed by atoms with E-state index in [9.17, 15) is 27.5 Å². The number of aliphatic hydroxyl groups is 1. The summed E-state index contributed by atoms with van der Waals surface area (Å²) in [5, 5.41) is 14.9. The van der Waals surface area contributed by atoms with Gasteiger partial charge in [-0.05, 0) is 42.6 Å². The topological polar surface area (TPSA) is 90.4 Å². The van der Waals surface area contributed by atoms with Crippen molar-refractivity contribution in [2.45, 2.75) is 38.5 Å². The van der Waals surface area contributed by atoms with Crippen LogP contribution in [0.1, 0.15) is 41.2 Å². The Labute approximate surface area is 189 Å². The highest BCUT2D eigenvalue weighted by atomic mass is 19.4. The first-order chi connectivity index (χ1) is 15.6. The van der Waals surface area contributed by atoms with Crippen LogP contribution < -0.4 is 10.6 Å². The van der Waals surface area contributed by atoms with E-state index in [1.165, 1.54) is 6.07 Å². The summed E-state index contributed by atoms with van der Waals surface area (Å²) in [6.07, 6.45) is -1.98. The van der Waals surface area contributed by atoms with E-state index in [2.05, 4.69) is 20.6 Å². The summed E-state index contributed by atoms with van der Waals surface area (Å²) >= 11 is 0. The number of halogens is 4. The molecule has 0 unspecified atom stereocenters. The molecule has 0 aliphatic carbocycles. The van der Waals surface area contributed by atoms with Crippen LogP contribution in [-0.2, 0) is 25.6 Å². The molecule has 0 saturated carbocycles. The average Bonchev–Trinajstić information content (AvgIpc) is 2.77. The van der Waals surface area contributed by atoms with E-state index in [1.807, 2.05) is 6.92 Å². The van der Waals surface area contributed by atoms with Gasteiger partial charge in [0.1, 0.15) is 11.6 Å². The van der Waals surface area contributed by atoms with E-state index < -0.39 is 29.6 Å². The van der Waals surface area contributed by atoms with Crippen molar-refractivity contribution in [1.29, 1.82) is 0 Å². The second-order valence-corrected chi connectivity index (χ2v) is 8.22. The highest BCUT2D eigenvalue weighted by Crippen LogP contribution is 2.32. The van der Waals surface area contributed by atoms with Crippen LogP contribution in [0.5, 0.6) is 0 Å². The highest BCUT2D eigenvalue weighted by Gasteiger charge is 2.34. The predicted molar refractivity (Wildman–Crippen MR) is 113 cm³/mol. The molecule has 0 spiro atoms. The number of nitrogens with one attached hydrogen (secondary N) is 2. The number of fused-ring (bicyclic) bond motifs is 1. The molecule has 2 aromatic rings. The molecule has 1 aromatic carbocycles. The first-order valence-electron chi connectivity index (χ1n) is 10.6. The Hall–Kier alpha value is -2.79. The zero-order valence-corrected chi connectivity index (χ0v) is 18.4. The van der Waals surface area contributed by atoms with E-state index in [-0.39, 0.29) is 31.2 Å². The number of aliphatic hydroxyl groups excluding tert-OH is 1. The van der Waals surface area contributed by atoms with Crippen LogP contribution in [0.15, 0.2) is 24.4 Å². The number of benzene rings is 1. The monoisotopic (exact) mass is 469 g/mol. The molecule has 3 rings (SSSR count). The Morgan fingerprint density at radius 1 is 1.33 bits per heavy atom. The minimum atomic E-state index is -4.79. The van der Waals surface area contributed by atoms with Crippen LogP contribution in [0.3, 0.4) is 0 Å². The van der Waals surface area contributed by atoms with Gasteiger partial charge in [-0.15, -0.1) is 0 Å². The van der Waals surface area contributed by atoms with Crippen molar-refractivity contribution in [1.82, 2.24) is 25.5 Å². The van der Waals surface area contributed by atoms with E-state index in [0.717, 1.165) is 17.3 Å². The molecule has 0 saturated heterocycles. The number of alkyl halides is 3. The van der Waals surface area contributed by atoms with Gasteiger partial charge in [-0.25, -0.2) is 19.2 Å². The van der Waals surface area contributed by atoms with Gasteiger partial charge in [0, 0.05) is 32.3 Å². The molecule has 0 fully saturated rings. The number of likely N-dealkylation sites (N-methyl/N-ethyl adjacent to an activating group) is 1. The molecular weight excluding hydrogens is 442 g/mol. The van der Waals surface area contributed by atoms with E-state index in [1.54, 1.807) is 18.1 Å². The lowest BCUT2D eigenvalue weighted by Crippen LogP contribution is -2.46. The van der Waals surface area contributed by atoms with Crippen LogP contribution >= 0.6 is 0 Å². The number of amides is 2. The smallest absolute Gasteiger partial charge is 0.396 e. The van der Waals surface area contributed by atoms with Crippen molar-refractivity contribution in [2.24, 2.45) is 5.92 Å². The molecule has 180 valence electrons. The fourth-order valence-electron chi connectivity index (χ4n) is 3.67. The fraction of sp³-hybridized carbons (Fsp3) is 0.500. The zero-order valence-electron chi connectivity index (χ0n) is 18.4. The van der Waals surface area contributed by atoms with Crippen LogP contribution in [0, 0.1) is 11.7 Å². The quantitative estimate of drug-likeness (QED) is 0.543. The lowest BCUT2D eigenvalue weighted by Gasteiger charge is -2.30. The largest absolute Gasteiger partial charge is 0.419 e. The number of aromatic nitrogens is 2. The molecule has 3 N–H and O–H groups in total. The predicted octanol–water partition coefficient (Wildman–Crippen LogP) is 2.83. The van der Waals surface area contributed by atoms with Crippen molar-refractivity contribution in [3.63, 3.8) is 0 Å². The van der Waals surface area contributed by atoms with Crippen molar-refractivity contribution in [3.8, 4) is 0 Å². The minimum absolute atomic E-state index is 0.0115. The van der Waals surface area contributed by atoms with Crippen molar-refractivity contribution >= 4 is 6.03 Å². The summed E-state index contributed by atoms with van der Waals surface area (Å²) in [5.74, 6) is -0.785. The second kappa shape index (κ2) is 10.4. The first kappa shape index (κ1) is 24.8. The Morgan fingerprint density at radius 3 is 2.73 bits per heavy atom. The third kappa shape index (κ3) is 6.17. The third-order valence-corrected chi connectivity index (χ3v) is 5.53. The van der Waals surface area contributed by atoms with Gasteiger partial charge in [0.25, 0.3) is 0 Å². The summed E-state index contributed by atoms with van der Waals surface area (Å²) in [6, 6.07) is 1.50. The Kier molecular flexibility index (Phi) is 7.85. The molecule has 1 aromatic heterocycles. The van der Waals surface area contributed by atoms with Crippen molar-refractivity contribution in [3.05, 3.63) is 58.4 Å². The molecule has 2 heterocycles. The van der Waals surface area contributed by atoms with Gasteiger partial charge < -0.3 is 20.6 Å². The molecule has 2 amide bonds. The van der Waals surface area contributed by atoms with Gasteiger partial charge in [-0.1, -0.05) is 13.0 Å². The molecule has 2 atom stereocenters. The normalized spacial score (nSPS) is 15.7. The second-order valence-electron chi connectivity index (χ2n) is 8.22. The summed E-state index contributed by atoms with van der Waals surface area (Å²) in [6.45, 7) is 2.77. The maximum atomic E-state index is 14.1. The number of nitrogens with zero attached hydrogens (tertiary/aromatic N) is 3. The van der Waals surface area contributed by atoms with Gasteiger partial charge in [0.05, 0.1) is 23.8 Å². The molecule has 7 nitrogen and oxygen atoms in total. The maximum Gasteiger partial charge on any atom is 0.419 e. The Bertz CT molecular complexity index is 986. The number of rotatable bonds is 7. The molecular formula is C22H27F4N5O2. The van der Waals surface area contributed by atoms with Gasteiger partial charge in [0.15, 0.2) is 0 Å². The standard InChI is InChI=1S/C22H27F4N5O2/c1-13(12-32)7-20-28-9-15-5-6-31(11-19(15)29-20)21(33)30-18(10-27-2)14-3-4-16(17(23)8-14)22(24,25)26/h3-4,8-9,13,18,27,32H,5-7,10-12H2,1-2H3,(H,30,33)/t13-,18-/m1/s1. The zero-order chi connectivity index (χ0) is 24.2. The van der Waals surface area contributed by atoms with Gasteiger partial charge in [0.2, 0.25) is 0 Å². The lowest BCUT2D eigenvalue weighted by atomic mass is 10.0. The Morgan fingerprint density at radius 2 is 2.09 bits per heavy atom. The summed E-state index contributed by atoms with van der Waals surface area (Å²) in [5.41, 5.74) is 0.538. The van der Waals surface area contributed by atoms with Gasteiger partial charge >= 0.3 is 12.2 Å². The first-order valence-corrected chi connectivity index (χ1v) is 10.6. The van der Waals surface area contributed by atoms with Crippen LogP contribution in [0.4, 0.5) is 22.4 Å². The van der Waals surface area contributed by atoms with E-state index in [4.69, 9.17) is 0 Å². The highest BCUT2D eigenvalue weighted by molar-refractivity contribution is 5.75. The number of hydrogen-bond donors (Lipinski definition) is 3. The van der Waals surface area contributed by atoms with Crippen LogP contribution in [0.2, 0.25) is 0 Å². The molecule has 11 heteroatoms. The number of carbonyl (C=O) groups is 1. The third-order valence-electron chi connectivity index (χ3n) is 5.53. The molecule has 1 aliphatic rings. The molecule has 0 radical (unpaired) electrons. The number of hydrogen-bond acceptors (Lipinski definition) is 5. The molecule has 0 bridgehead atoms. The van der Waals surface area contributed by atoms with Crippen molar-refractivity contribution < 1.29 is 27.5 Å².